The van der Waals surface area contributed by atoms with E-state index in [1.807, 2.05) is 0 Å². The summed E-state index contributed by atoms with van der Waals surface area (Å²) < 4.78 is 73.0. The van der Waals surface area contributed by atoms with Crippen molar-refractivity contribution in [3.8, 4) is 5.75 Å². The van der Waals surface area contributed by atoms with E-state index in [1.54, 1.807) is 6.08 Å². The van der Waals surface area contributed by atoms with Gasteiger partial charge in [0, 0.05) is 17.0 Å². The van der Waals surface area contributed by atoms with Gasteiger partial charge in [0.15, 0.2) is 33.0 Å². The van der Waals surface area contributed by atoms with Crippen molar-refractivity contribution in [2.45, 2.75) is 66.7 Å². The standard InChI is InChI=1S/C32H24Cl3F5N2O5/c33-18-10-13(43)6-7-15(18)20-14-8-9-16-19(28(45)41(27(16)44)12-4-2-1-3-5-12)17(14)11-31(34)29(46)42(30(47)32(20,31)35)26-24(39)22(37)21(36)23(38)25(26)40/h6-8,10,12,16-17,19-20,43H,1-5,9,11H2. The van der Waals surface area contributed by atoms with Gasteiger partial charge in [-0.05, 0) is 49.3 Å². The number of carbonyl (C=O) groups excluding carboxylic acids is 4. The summed E-state index contributed by atoms with van der Waals surface area (Å²) in [5.74, 6) is -21.0. The lowest BCUT2D eigenvalue weighted by Gasteiger charge is -2.51. The molecule has 0 spiro atoms. The van der Waals surface area contributed by atoms with Crippen LogP contribution in [0.5, 0.6) is 5.75 Å². The van der Waals surface area contributed by atoms with E-state index in [4.69, 9.17) is 34.8 Å². The summed E-state index contributed by atoms with van der Waals surface area (Å²) in [5.41, 5.74) is -1.54. The summed E-state index contributed by atoms with van der Waals surface area (Å²) in [7, 11) is 0. The summed E-state index contributed by atoms with van der Waals surface area (Å²) >= 11 is 20.7. The van der Waals surface area contributed by atoms with Crippen molar-refractivity contribution < 1.29 is 46.2 Å². The first-order valence-electron chi connectivity index (χ1n) is 15.0. The summed E-state index contributed by atoms with van der Waals surface area (Å²) in [6.45, 7) is 0. The topological polar surface area (TPSA) is 95.0 Å². The molecule has 2 aromatic carbocycles. The van der Waals surface area contributed by atoms with E-state index in [2.05, 4.69) is 0 Å². The minimum Gasteiger partial charge on any atom is -0.508 e. The highest BCUT2D eigenvalue weighted by Gasteiger charge is 2.77. The third-order valence-electron chi connectivity index (χ3n) is 10.5. The molecule has 248 valence electrons. The number of benzene rings is 2. The monoisotopic (exact) mass is 716 g/mol. The third-order valence-corrected chi connectivity index (χ3v) is 12.2. The number of fused-ring (bicyclic) bond motifs is 4. The van der Waals surface area contributed by atoms with Crippen LogP contribution >= 0.6 is 34.8 Å². The van der Waals surface area contributed by atoms with Crippen LogP contribution in [0.2, 0.25) is 5.02 Å². The number of alkyl halides is 2. The zero-order valence-corrected chi connectivity index (χ0v) is 26.4. The van der Waals surface area contributed by atoms with Gasteiger partial charge < -0.3 is 5.11 Å². The maximum absolute atomic E-state index is 15.1. The summed E-state index contributed by atoms with van der Waals surface area (Å²) in [6.07, 6.45) is 4.93. The number of nitrogens with zero attached hydrogens (tertiary/aromatic N) is 2. The van der Waals surface area contributed by atoms with Crippen molar-refractivity contribution in [3.63, 3.8) is 0 Å². The molecule has 47 heavy (non-hydrogen) atoms. The smallest absolute Gasteiger partial charge is 0.258 e. The van der Waals surface area contributed by atoms with Crippen LogP contribution in [0.15, 0.2) is 29.8 Å². The van der Waals surface area contributed by atoms with E-state index in [1.165, 1.54) is 17.0 Å². The molecule has 1 N–H and O–H groups in total. The molecule has 0 radical (unpaired) electrons. The second-order valence-corrected chi connectivity index (χ2v) is 14.4. The van der Waals surface area contributed by atoms with Gasteiger partial charge in [0.25, 0.3) is 11.8 Å². The Morgan fingerprint density at radius 1 is 0.809 bits per heavy atom. The number of hydrogen-bond acceptors (Lipinski definition) is 5. The highest BCUT2D eigenvalue weighted by molar-refractivity contribution is 6.58. The Kier molecular flexibility index (Phi) is 7.50. The van der Waals surface area contributed by atoms with Crippen LogP contribution in [0.1, 0.15) is 56.4 Å². The molecule has 2 aromatic rings. The molecular weight excluding hydrogens is 694 g/mol. The molecule has 2 heterocycles. The summed E-state index contributed by atoms with van der Waals surface area (Å²) in [6, 6.07) is 3.28. The van der Waals surface area contributed by atoms with Crippen molar-refractivity contribution in [3.05, 3.63) is 69.5 Å². The fourth-order valence-electron chi connectivity index (χ4n) is 8.39. The third kappa shape index (κ3) is 4.16. The van der Waals surface area contributed by atoms with E-state index in [-0.39, 0.29) is 45.2 Å². The number of imide groups is 2. The number of aromatic hydroxyl groups is 1. The quantitative estimate of drug-likeness (QED) is 0.0961. The van der Waals surface area contributed by atoms with Crippen LogP contribution in [0.3, 0.4) is 0 Å². The highest BCUT2D eigenvalue weighted by atomic mass is 35.5. The molecular formula is C32H24Cl3F5N2O5. The van der Waals surface area contributed by atoms with Crippen LogP contribution in [-0.2, 0) is 19.2 Å². The van der Waals surface area contributed by atoms with Crippen molar-refractivity contribution in [2.24, 2.45) is 17.8 Å². The Bertz CT molecular complexity index is 1810. The fourth-order valence-corrected chi connectivity index (χ4v) is 9.60. The van der Waals surface area contributed by atoms with Crippen molar-refractivity contribution >= 4 is 64.1 Å². The zero-order chi connectivity index (χ0) is 33.9. The average Bonchev–Trinajstić information content (AvgIpc) is 3.38. The molecule has 2 aliphatic heterocycles. The van der Waals surface area contributed by atoms with Crippen molar-refractivity contribution in [1.82, 2.24) is 4.90 Å². The number of amides is 4. The van der Waals surface area contributed by atoms with Crippen molar-refractivity contribution in [1.29, 1.82) is 0 Å². The van der Waals surface area contributed by atoms with E-state index >= 15 is 8.78 Å². The fraction of sp³-hybridized carbons (Fsp3) is 0.438. The average molecular weight is 718 g/mol. The van der Waals surface area contributed by atoms with Gasteiger partial charge in [0.05, 0.1) is 11.8 Å². The van der Waals surface area contributed by atoms with Crippen LogP contribution in [0.25, 0.3) is 0 Å². The Morgan fingerprint density at radius 3 is 2.04 bits per heavy atom. The van der Waals surface area contributed by atoms with Crippen LogP contribution in [-0.4, -0.2) is 49.4 Å². The first kappa shape index (κ1) is 32.3. The molecule has 7 rings (SSSR count). The van der Waals surface area contributed by atoms with Crippen LogP contribution in [0.4, 0.5) is 27.6 Å². The molecule has 4 fully saturated rings. The Hall–Kier alpha value is -3.22. The molecule has 6 atom stereocenters. The number of hydrogen-bond donors (Lipinski definition) is 1. The van der Waals surface area contributed by atoms with Gasteiger partial charge >= 0.3 is 0 Å². The largest absolute Gasteiger partial charge is 0.508 e. The number of phenols is 1. The van der Waals surface area contributed by atoms with E-state index in [9.17, 15) is 37.5 Å². The highest BCUT2D eigenvalue weighted by Crippen LogP contribution is 2.66. The molecule has 7 nitrogen and oxygen atoms in total. The van der Waals surface area contributed by atoms with Gasteiger partial charge in [-0.1, -0.05) is 48.6 Å². The molecule has 15 heteroatoms. The Balaban J connectivity index is 1.42. The molecule has 2 saturated carbocycles. The molecule has 3 aliphatic carbocycles. The normalized spacial score (nSPS) is 32.5. The summed E-state index contributed by atoms with van der Waals surface area (Å²) in [5, 5.41) is 9.91. The number of carbonyl (C=O) groups is 4. The lowest BCUT2D eigenvalue weighted by molar-refractivity contribution is -0.143. The van der Waals surface area contributed by atoms with Gasteiger partial charge in [-0.25, -0.2) is 26.9 Å². The molecule has 4 amide bonds. The number of rotatable bonds is 3. The lowest BCUT2D eigenvalue weighted by Crippen LogP contribution is -2.60. The van der Waals surface area contributed by atoms with Gasteiger partial charge in [0.1, 0.15) is 11.4 Å². The van der Waals surface area contributed by atoms with Crippen molar-refractivity contribution in [2.75, 3.05) is 4.90 Å². The van der Waals surface area contributed by atoms with Crippen LogP contribution < -0.4 is 4.90 Å². The number of halogens is 8. The van der Waals surface area contributed by atoms with Gasteiger partial charge in [-0.15, -0.1) is 23.2 Å². The second kappa shape index (κ2) is 10.9. The predicted octanol–water partition coefficient (Wildman–Crippen LogP) is 6.64. The number of anilines is 1. The molecule has 6 unspecified atom stereocenters. The Morgan fingerprint density at radius 2 is 1.43 bits per heavy atom. The molecule has 2 saturated heterocycles. The second-order valence-electron chi connectivity index (χ2n) is 12.7. The van der Waals surface area contributed by atoms with Crippen LogP contribution in [0, 0.1) is 46.8 Å². The molecule has 0 bridgehead atoms. The zero-order valence-electron chi connectivity index (χ0n) is 24.1. The maximum Gasteiger partial charge on any atom is 0.258 e. The van der Waals surface area contributed by atoms with E-state index in [0.29, 0.717) is 12.8 Å². The SMILES string of the molecule is O=C1C2CC=C3C(CC4(Cl)C(=O)N(c5c(F)c(F)c(F)c(F)c5F)C(=O)C4(Cl)C3c3ccc(O)cc3Cl)C2C(=O)N1C1CCCCC1. The maximum atomic E-state index is 15.1. The van der Waals surface area contributed by atoms with E-state index in [0.717, 1.165) is 25.3 Å². The van der Waals surface area contributed by atoms with Gasteiger partial charge in [0.2, 0.25) is 17.6 Å². The summed E-state index contributed by atoms with van der Waals surface area (Å²) in [4.78, 5) is 52.0. The van der Waals surface area contributed by atoms with Gasteiger partial charge in [-0.3, -0.25) is 24.1 Å². The van der Waals surface area contributed by atoms with E-state index < -0.39 is 92.3 Å². The Labute approximate surface area is 279 Å². The minimum atomic E-state index is -2.68. The predicted molar refractivity (Wildman–Crippen MR) is 158 cm³/mol. The first-order valence-corrected chi connectivity index (χ1v) is 16.1. The molecule has 5 aliphatic rings. The first-order chi connectivity index (χ1) is 22.2. The number of likely N-dealkylation sites (tertiary alicyclic amines) is 1. The number of phenolic OH excluding ortho intramolecular Hbond substituents is 1. The van der Waals surface area contributed by atoms with Gasteiger partial charge in [-0.2, -0.15) is 0 Å². The lowest BCUT2D eigenvalue weighted by atomic mass is 9.56. The minimum absolute atomic E-state index is 0.0280. The number of allylic oxidation sites excluding steroid dienone is 2. The molecule has 0 aromatic heterocycles.